The minimum atomic E-state index is 0.464. The van der Waals surface area contributed by atoms with Crippen molar-refractivity contribution in [3.63, 3.8) is 0 Å². The average molecular weight is 292 g/mol. The van der Waals surface area contributed by atoms with E-state index in [4.69, 9.17) is 4.74 Å². The highest BCUT2D eigenvalue weighted by atomic mass is 32.1. The van der Waals surface area contributed by atoms with E-state index in [-0.39, 0.29) is 0 Å². The van der Waals surface area contributed by atoms with Crippen LogP contribution in [0.4, 0.5) is 0 Å². The largest absolute Gasteiger partial charge is 0.480 e. The van der Waals surface area contributed by atoms with Crippen molar-refractivity contribution < 1.29 is 4.74 Å². The molecule has 20 heavy (non-hydrogen) atoms. The lowest BCUT2D eigenvalue weighted by Crippen LogP contribution is -2.21. The third kappa shape index (κ3) is 3.52. The minimum absolute atomic E-state index is 0.464. The molecule has 0 radical (unpaired) electrons. The standard InChI is InChI=1S/C14H20N4OS/c1-5-10-12(8-15-9(2)3)20-14(16-10)11-6-7-13(19-4)18-17-11/h6-7,9,15H,5,8H2,1-4H3. The summed E-state index contributed by atoms with van der Waals surface area (Å²) < 4.78 is 5.02. The smallest absolute Gasteiger partial charge is 0.233 e. The third-order valence-corrected chi connectivity index (χ3v) is 3.97. The van der Waals surface area contributed by atoms with E-state index in [0.29, 0.717) is 11.9 Å². The Balaban J connectivity index is 2.23. The van der Waals surface area contributed by atoms with Gasteiger partial charge in [-0.05, 0) is 12.5 Å². The quantitative estimate of drug-likeness (QED) is 0.887. The van der Waals surface area contributed by atoms with Crippen LogP contribution in [-0.4, -0.2) is 28.3 Å². The number of thiazole rings is 1. The van der Waals surface area contributed by atoms with E-state index in [0.717, 1.165) is 29.4 Å². The number of rotatable bonds is 6. The van der Waals surface area contributed by atoms with E-state index in [1.54, 1.807) is 24.5 Å². The molecule has 0 saturated carbocycles. The highest BCUT2D eigenvalue weighted by Crippen LogP contribution is 2.27. The monoisotopic (exact) mass is 292 g/mol. The Hall–Kier alpha value is -1.53. The van der Waals surface area contributed by atoms with Gasteiger partial charge in [0, 0.05) is 23.5 Å². The van der Waals surface area contributed by atoms with E-state index >= 15 is 0 Å². The molecule has 2 rings (SSSR count). The second-order valence-corrected chi connectivity index (χ2v) is 5.82. The fourth-order valence-corrected chi connectivity index (χ4v) is 2.81. The van der Waals surface area contributed by atoms with Gasteiger partial charge in [0.15, 0.2) is 0 Å². The maximum Gasteiger partial charge on any atom is 0.233 e. The maximum atomic E-state index is 5.02. The van der Waals surface area contributed by atoms with Gasteiger partial charge in [0.05, 0.1) is 12.8 Å². The predicted molar refractivity (Wildman–Crippen MR) is 81.0 cm³/mol. The molecular formula is C14H20N4OS. The van der Waals surface area contributed by atoms with Gasteiger partial charge < -0.3 is 10.1 Å². The summed E-state index contributed by atoms with van der Waals surface area (Å²) in [5.41, 5.74) is 1.93. The Kier molecular flexibility index (Phi) is 5.03. The molecule has 0 aliphatic rings. The van der Waals surface area contributed by atoms with Gasteiger partial charge in [0.25, 0.3) is 0 Å². The first kappa shape index (κ1) is 14.9. The van der Waals surface area contributed by atoms with E-state index in [2.05, 4.69) is 41.3 Å². The number of hydrogen-bond acceptors (Lipinski definition) is 6. The zero-order valence-electron chi connectivity index (χ0n) is 12.3. The summed E-state index contributed by atoms with van der Waals surface area (Å²) in [5, 5.41) is 12.5. The van der Waals surface area contributed by atoms with Crippen molar-refractivity contribution in [1.29, 1.82) is 0 Å². The number of aryl methyl sites for hydroxylation is 1. The molecule has 2 aromatic rings. The molecule has 0 saturated heterocycles. The van der Waals surface area contributed by atoms with Gasteiger partial charge in [-0.25, -0.2) is 4.98 Å². The number of nitrogens with one attached hydrogen (secondary N) is 1. The van der Waals surface area contributed by atoms with Crippen LogP contribution in [0.1, 0.15) is 31.3 Å². The SMILES string of the molecule is CCc1nc(-c2ccc(OC)nn2)sc1CNC(C)C. The number of aromatic nitrogens is 3. The molecule has 0 aliphatic heterocycles. The second-order valence-electron chi connectivity index (χ2n) is 4.74. The van der Waals surface area contributed by atoms with E-state index in [1.165, 1.54) is 4.88 Å². The Morgan fingerprint density at radius 2 is 2.10 bits per heavy atom. The lowest BCUT2D eigenvalue weighted by molar-refractivity contribution is 0.392. The second kappa shape index (κ2) is 6.76. The van der Waals surface area contributed by atoms with Gasteiger partial charge in [0.1, 0.15) is 10.7 Å². The molecule has 2 heterocycles. The molecule has 0 unspecified atom stereocenters. The molecule has 0 aliphatic carbocycles. The molecular weight excluding hydrogens is 272 g/mol. The first-order valence-electron chi connectivity index (χ1n) is 6.74. The Bertz CT molecular complexity index is 551. The summed E-state index contributed by atoms with van der Waals surface area (Å²) in [7, 11) is 1.58. The van der Waals surface area contributed by atoms with Crippen LogP contribution < -0.4 is 10.1 Å². The van der Waals surface area contributed by atoms with Crippen LogP contribution in [-0.2, 0) is 13.0 Å². The summed E-state index contributed by atoms with van der Waals surface area (Å²) in [6.07, 6.45) is 0.926. The first-order chi connectivity index (χ1) is 9.63. The van der Waals surface area contributed by atoms with Crippen LogP contribution in [0.15, 0.2) is 12.1 Å². The summed E-state index contributed by atoms with van der Waals surface area (Å²) in [5.74, 6) is 0.516. The van der Waals surface area contributed by atoms with Gasteiger partial charge in [-0.1, -0.05) is 20.8 Å². The van der Waals surface area contributed by atoms with Crippen molar-refractivity contribution >= 4 is 11.3 Å². The molecule has 0 fully saturated rings. The number of nitrogens with zero attached hydrogens (tertiary/aromatic N) is 3. The molecule has 1 N–H and O–H groups in total. The lowest BCUT2D eigenvalue weighted by Gasteiger charge is -2.06. The van der Waals surface area contributed by atoms with Crippen LogP contribution in [0.25, 0.3) is 10.7 Å². The normalized spacial score (nSPS) is 11.1. The molecule has 6 heteroatoms. The van der Waals surface area contributed by atoms with Crippen molar-refractivity contribution in [1.82, 2.24) is 20.5 Å². The molecule has 0 aromatic carbocycles. The summed E-state index contributed by atoms with van der Waals surface area (Å²) >= 11 is 1.68. The van der Waals surface area contributed by atoms with Crippen LogP contribution in [0.5, 0.6) is 5.88 Å². The Labute approximate surface area is 123 Å². The molecule has 0 atom stereocenters. The number of methoxy groups -OCH3 is 1. The maximum absolute atomic E-state index is 5.02. The van der Waals surface area contributed by atoms with E-state index < -0.39 is 0 Å². The zero-order chi connectivity index (χ0) is 14.5. The number of hydrogen-bond donors (Lipinski definition) is 1. The van der Waals surface area contributed by atoms with Crippen molar-refractivity contribution in [2.24, 2.45) is 0 Å². The fraction of sp³-hybridized carbons (Fsp3) is 0.500. The van der Waals surface area contributed by atoms with Gasteiger partial charge in [-0.2, -0.15) is 0 Å². The molecule has 108 valence electrons. The summed E-state index contributed by atoms with van der Waals surface area (Å²) in [6, 6.07) is 4.16. The van der Waals surface area contributed by atoms with Gasteiger partial charge in [-0.15, -0.1) is 21.5 Å². The zero-order valence-corrected chi connectivity index (χ0v) is 13.1. The summed E-state index contributed by atoms with van der Waals surface area (Å²) in [4.78, 5) is 5.94. The van der Waals surface area contributed by atoms with Crippen molar-refractivity contribution in [3.05, 3.63) is 22.7 Å². The van der Waals surface area contributed by atoms with Gasteiger partial charge >= 0.3 is 0 Å². The van der Waals surface area contributed by atoms with Crippen molar-refractivity contribution in [3.8, 4) is 16.6 Å². The van der Waals surface area contributed by atoms with Crippen LogP contribution in [0.3, 0.4) is 0 Å². The molecule has 0 spiro atoms. The van der Waals surface area contributed by atoms with Crippen molar-refractivity contribution in [2.45, 2.75) is 39.8 Å². The van der Waals surface area contributed by atoms with Crippen molar-refractivity contribution in [2.75, 3.05) is 7.11 Å². The average Bonchev–Trinajstić information content (AvgIpc) is 2.88. The van der Waals surface area contributed by atoms with Crippen LogP contribution >= 0.6 is 11.3 Å². The predicted octanol–water partition coefficient (Wildman–Crippen LogP) is 2.67. The highest BCUT2D eigenvalue weighted by Gasteiger charge is 2.13. The van der Waals surface area contributed by atoms with E-state index in [1.807, 2.05) is 6.07 Å². The lowest BCUT2D eigenvalue weighted by atomic mass is 10.3. The Morgan fingerprint density at radius 1 is 1.30 bits per heavy atom. The molecule has 0 amide bonds. The Morgan fingerprint density at radius 3 is 2.65 bits per heavy atom. The van der Waals surface area contributed by atoms with Gasteiger partial charge in [-0.3, -0.25) is 0 Å². The fourth-order valence-electron chi connectivity index (χ4n) is 1.75. The van der Waals surface area contributed by atoms with Gasteiger partial charge in [0.2, 0.25) is 5.88 Å². The molecule has 0 bridgehead atoms. The van der Waals surface area contributed by atoms with Crippen LogP contribution in [0.2, 0.25) is 0 Å². The third-order valence-electron chi connectivity index (χ3n) is 2.85. The number of ether oxygens (including phenoxy) is 1. The topological polar surface area (TPSA) is 59.9 Å². The molecule has 2 aromatic heterocycles. The summed E-state index contributed by atoms with van der Waals surface area (Å²) in [6.45, 7) is 7.25. The minimum Gasteiger partial charge on any atom is -0.480 e. The van der Waals surface area contributed by atoms with Crippen LogP contribution in [0, 0.1) is 0 Å². The van der Waals surface area contributed by atoms with E-state index in [9.17, 15) is 0 Å². The highest BCUT2D eigenvalue weighted by molar-refractivity contribution is 7.15. The molecule has 5 nitrogen and oxygen atoms in total. The first-order valence-corrected chi connectivity index (χ1v) is 7.55.